The third-order valence-electron chi connectivity index (χ3n) is 4.62. The van der Waals surface area contributed by atoms with Gasteiger partial charge in [-0.15, -0.1) is 0 Å². The van der Waals surface area contributed by atoms with Crippen LogP contribution >= 0.6 is 0 Å². The lowest BCUT2D eigenvalue weighted by Gasteiger charge is -2.23. The zero-order valence-corrected chi connectivity index (χ0v) is 12.2. The van der Waals surface area contributed by atoms with Gasteiger partial charge in [-0.25, -0.2) is 14.8 Å². The van der Waals surface area contributed by atoms with E-state index in [1.807, 2.05) is 0 Å². The number of carboxylic acid groups (broad SMARTS) is 1. The van der Waals surface area contributed by atoms with Gasteiger partial charge in [0.05, 0.1) is 0 Å². The Morgan fingerprint density at radius 1 is 1.29 bits per heavy atom. The molecule has 1 atom stereocenters. The molecule has 1 aromatic heterocycles. The first-order chi connectivity index (χ1) is 10.2. The number of aromatic nitrogens is 2. The second kappa shape index (κ2) is 6.39. The van der Waals surface area contributed by atoms with Crippen LogP contribution in [-0.4, -0.2) is 51.6 Å². The molecule has 2 fully saturated rings. The Morgan fingerprint density at radius 2 is 2.05 bits per heavy atom. The molecule has 21 heavy (non-hydrogen) atoms. The van der Waals surface area contributed by atoms with E-state index in [0.29, 0.717) is 11.7 Å². The molecule has 1 saturated heterocycles. The number of rotatable bonds is 5. The molecule has 0 bridgehead atoms. The molecule has 3 rings (SSSR count). The molecule has 0 amide bonds. The highest BCUT2D eigenvalue weighted by molar-refractivity contribution is 5.90. The number of anilines is 1. The SMILES string of the molecule is O=C(O)c1nccnc1NC[C@@H]1CCN(C2CCCC2)C1. The van der Waals surface area contributed by atoms with Crippen molar-refractivity contribution >= 4 is 11.8 Å². The number of hydrogen-bond donors (Lipinski definition) is 2. The van der Waals surface area contributed by atoms with Crippen molar-refractivity contribution in [3.63, 3.8) is 0 Å². The summed E-state index contributed by atoms with van der Waals surface area (Å²) in [4.78, 5) is 21.7. The van der Waals surface area contributed by atoms with E-state index in [1.165, 1.54) is 51.0 Å². The van der Waals surface area contributed by atoms with Gasteiger partial charge in [0.1, 0.15) is 0 Å². The van der Waals surface area contributed by atoms with E-state index in [0.717, 1.165) is 19.1 Å². The lowest BCUT2D eigenvalue weighted by Crippen LogP contribution is -2.31. The van der Waals surface area contributed by atoms with Crippen LogP contribution in [0.5, 0.6) is 0 Å². The minimum absolute atomic E-state index is 0.00291. The molecule has 0 spiro atoms. The minimum atomic E-state index is -1.04. The first-order valence-electron chi connectivity index (χ1n) is 7.76. The predicted molar refractivity (Wildman–Crippen MR) is 79.4 cm³/mol. The lowest BCUT2D eigenvalue weighted by atomic mass is 10.1. The molecule has 2 heterocycles. The Bertz CT molecular complexity index is 502. The van der Waals surface area contributed by atoms with Gasteiger partial charge in [-0.3, -0.25) is 0 Å². The third-order valence-corrected chi connectivity index (χ3v) is 4.62. The molecule has 0 radical (unpaired) electrons. The van der Waals surface area contributed by atoms with Gasteiger partial charge < -0.3 is 15.3 Å². The van der Waals surface area contributed by atoms with E-state index in [-0.39, 0.29) is 5.69 Å². The van der Waals surface area contributed by atoms with Crippen molar-refractivity contribution in [3.05, 3.63) is 18.1 Å². The van der Waals surface area contributed by atoms with E-state index in [4.69, 9.17) is 5.11 Å². The van der Waals surface area contributed by atoms with Crippen molar-refractivity contribution in [2.45, 2.75) is 38.1 Å². The van der Waals surface area contributed by atoms with Gasteiger partial charge in [0.25, 0.3) is 0 Å². The average Bonchev–Trinajstić information content (AvgIpc) is 3.16. The summed E-state index contributed by atoms with van der Waals surface area (Å²) in [6, 6.07) is 0.779. The van der Waals surface area contributed by atoms with Crippen LogP contribution in [0.4, 0.5) is 5.82 Å². The van der Waals surface area contributed by atoms with Crippen molar-refractivity contribution in [1.82, 2.24) is 14.9 Å². The molecule has 0 unspecified atom stereocenters. The summed E-state index contributed by atoms with van der Waals surface area (Å²) in [5, 5.41) is 12.3. The van der Waals surface area contributed by atoms with Gasteiger partial charge in [-0.1, -0.05) is 12.8 Å². The highest BCUT2D eigenvalue weighted by Gasteiger charge is 2.29. The second-order valence-electron chi connectivity index (χ2n) is 6.03. The third kappa shape index (κ3) is 3.32. The van der Waals surface area contributed by atoms with Crippen LogP contribution in [0.15, 0.2) is 12.4 Å². The quantitative estimate of drug-likeness (QED) is 0.861. The normalized spacial score (nSPS) is 23.5. The first-order valence-corrected chi connectivity index (χ1v) is 7.76. The van der Waals surface area contributed by atoms with Crippen LogP contribution in [0.2, 0.25) is 0 Å². The van der Waals surface area contributed by atoms with Crippen molar-refractivity contribution < 1.29 is 9.90 Å². The summed E-state index contributed by atoms with van der Waals surface area (Å²) in [5.74, 6) is -0.0943. The van der Waals surface area contributed by atoms with Crippen LogP contribution < -0.4 is 5.32 Å². The highest BCUT2D eigenvalue weighted by atomic mass is 16.4. The molecular formula is C15H22N4O2. The van der Waals surface area contributed by atoms with Crippen molar-refractivity contribution in [2.24, 2.45) is 5.92 Å². The minimum Gasteiger partial charge on any atom is -0.476 e. The monoisotopic (exact) mass is 290 g/mol. The molecule has 6 heteroatoms. The van der Waals surface area contributed by atoms with E-state index in [1.54, 1.807) is 0 Å². The molecule has 2 aliphatic rings. The Balaban J connectivity index is 1.53. The van der Waals surface area contributed by atoms with E-state index in [9.17, 15) is 4.79 Å². The Labute approximate surface area is 124 Å². The molecule has 2 N–H and O–H groups in total. The summed E-state index contributed by atoms with van der Waals surface area (Å²) >= 11 is 0. The molecule has 1 aromatic rings. The number of likely N-dealkylation sites (tertiary alicyclic amines) is 1. The molecule has 1 aliphatic heterocycles. The number of carboxylic acids is 1. The van der Waals surface area contributed by atoms with Crippen molar-refractivity contribution in [3.8, 4) is 0 Å². The number of nitrogens with zero attached hydrogens (tertiary/aromatic N) is 3. The molecule has 6 nitrogen and oxygen atoms in total. The smallest absolute Gasteiger partial charge is 0.358 e. The van der Waals surface area contributed by atoms with Gasteiger partial charge in [-0.2, -0.15) is 0 Å². The Kier molecular flexibility index (Phi) is 4.34. The van der Waals surface area contributed by atoms with Gasteiger partial charge in [-0.05, 0) is 31.7 Å². The predicted octanol–water partition coefficient (Wildman–Crippen LogP) is 1.85. The van der Waals surface area contributed by atoms with Gasteiger partial charge in [0, 0.05) is 31.5 Å². The Hall–Kier alpha value is -1.69. The van der Waals surface area contributed by atoms with Gasteiger partial charge >= 0.3 is 5.97 Å². The van der Waals surface area contributed by atoms with Gasteiger partial charge in [0.15, 0.2) is 11.5 Å². The Morgan fingerprint density at radius 3 is 2.81 bits per heavy atom. The maximum absolute atomic E-state index is 11.1. The topological polar surface area (TPSA) is 78.3 Å². The van der Waals surface area contributed by atoms with Crippen LogP contribution in [0.1, 0.15) is 42.6 Å². The molecule has 1 saturated carbocycles. The van der Waals surface area contributed by atoms with Crippen LogP contribution in [0.25, 0.3) is 0 Å². The largest absolute Gasteiger partial charge is 0.476 e. The molecule has 1 aliphatic carbocycles. The summed E-state index contributed by atoms with van der Waals surface area (Å²) in [6.45, 7) is 3.05. The summed E-state index contributed by atoms with van der Waals surface area (Å²) in [6.07, 6.45) is 9.52. The van der Waals surface area contributed by atoms with Crippen molar-refractivity contribution in [2.75, 3.05) is 25.0 Å². The maximum atomic E-state index is 11.1. The van der Waals surface area contributed by atoms with Crippen molar-refractivity contribution in [1.29, 1.82) is 0 Å². The fourth-order valence-electron chi connectivity index (χ4n) is 3.50. The van der Waals surface area contributed by atoms with E-state index >= 15 is 0 Å². The van der Waals surface area contributed by atoms with Crippen LogP contribution in [-0.2, 0) is 0 Å². The number of hydrogen-bond acceptors (Lipinski definition) is 5. The lowest BCUT2D eigenvalue weighted by molar-refractivity contribution is 0.0691. The number of nitrogens with one attached hydrogen (secondary N) is 1. The number of aromatic carboxylic acids is 1. The number of carbonyl (C=O) groups is 1. The average molecular weight is 290 g/mol. The molecule has 0 aromatic carbocycles. The summed E-state index contributed by atoms with van der Waals surface area (Å²) in [5.41, 5.74) is 0.00291. The maximum Gasteiger partial charge on any atom is 0.358 e. The fraction of sp³-hybridized carbons (Fsp3) is 0.667. The van der Waals surface area contributed by atoms with Crippen LogP contribution in [0.3, 0.4) is 0 Å². The second-order valence-corrected chi connectivity index (χ2v) is 6.03. The molecular weight excluding hydrogens is 268 g/mol. The van der Waals surface area contributed by atoms with Gasteiger partial charge in [0.2, 0.25) is 0 Å². The van der Waals surface area contributed by atoms with Crippen LogP contribution in [0, 0.1) is 5.92 Å². The standard InChI is InChI=1S/C15H22N4O2/c20-15(21)13-14(17-7-6-16-13)18-9-11-5-8-19(10-11)12-3-1-2-4-12/h6-7,11-12H,1-5,8-10H2,(H,17,18)(H,20,21)/t11-/m0/s1. The van der Waals surface area contributed by atoms with E-state index in [2.05, 4.69) is 20.2 Å². The highest BCUT2D eigenvalue weighted by Crippen LogP contribution is 2.28. The zero-order chi connectivity index (χ0) is 14.7. The fourth-order valence-corrected chi connectivity index (χ4v) is 3.50. The first kappa shape index (κ1) is 14.3. The summed E-state index contributed by atoms with van der Waals surface area (Å²) < 4.78 is 0. The zero-order valence-electron chi connectivity index (χ0n) is 12.2. The van der Waals surface area contributed by atoms with E-state index < -0.39 is 5.97 Å². The molecule has 114 valence electrons. The summed E-state index contributed by atoms with van der Waals surface area (Å²) in [7, 11) is 0.